The van der Waals surface area contributed by atoms with E-state index in [2.05, 4.69) is 22.1 Å². The number of pyridine rings is 1. The van der Waals surface area contributed by atoms with Crippen LogP contribution in [0.1, 0.15) is 38.2 Å². The van der Waals surface area contributed by atoms with Crippen LogP contribution in [0.3, 0.4) is 0 Å². The molecule has 0 spiro atoms. The first kappa shape index (κ1) is 13.6. The van der Waals surface area contributed by atoms with Gasteiger partial charge in [-0.2, -0.15) is 0 Å². The van der Waals surface area contributed by atoms with E-state index in [1.807, 2.05) is 19.3 Å². The fourth-order valence-electron chi connectivity index (χ4n) is 1.90. The molecule has 0 amide bonds. The molecule has 0 radical (unpaired) electrons. The third kappa shape index (κ3) is 3.85. The highest BCUT2D eigenvalue weighted by atomic mass is 35.5. The summed E-state index contributed by atoms with van der Waals surface area (Å²) in [5.74, 6) is 0.889. The highest BCUT2D eigenvalue weighted by Crippen LogP contribution is 2.24. The van der Waals surface area contributed by atoms with Crippen LogP contribution in [-0.2, 0) is 6.54 Å². The predicted octanol–water partition coefficient (Wildman–Crippen LogP) is 3.22. The van der Waals surface area contributed by atoms with Gasteiger partial charge in [0, 0.05) is 32.4 Å². The van der Waals surface area contributed by atoms with Gasteiger partial charge in [-0.3, -0.25) is 0 Å². The lowest BCUT2D eigenvalue weighted by atomic mass is 10.2. The monoisotopic (exact) mass is 267 g/mol. The molecule has 1 saturated carbocycles. The molecular weight excluding hydrogens is 246 g/mol. The van der Waals surface area contributed by atoms with Crippen LogP contribution >= 0.6 is 11.6 Å². The van der Waals surface area contributed by atoms with Crippen LogP contribution in [0.2, 0.25) is 5.02 Å². The number of nitrogens with one attached hydrogen (secondary N) is 1. The Hall–Kier alpha value is -0.800. The van der Waals surface area contributed by atoms with Gasteiger partial charge in [0.25, 0.3) is 0 Å². The molecule has 18 heavy (non-hydrogen) atoms. The normalized spacial score (nSPS) is 14.8. The summed E-state index contributed by atoms with van der Waals surface area (Å²) in [6.07, 6.45) is 6.89. The lowest BCUT2D eigenvalue weighted by Crippen LogP contribution is -2.20. The minimum Gasteiger partial charge on any atom is -0.358 e. The average Bonchev–Trinajstić information content (AvgIpc) is 3.17. The highest BCUT2D eigenvalue weighted by Gasteiger charge is 2.20. The molecule has 1 aliphatic carbocycles. The Morgan fingerprint density at radius 1 is 1.50 bits per heavy atom. The van der Waals surface area contributed by atoms with Crippen LogP contribution < -0.4 is 10.2 Å². The van der Waals surface area contributed by atoms with Gasteiger partial charge >= 0.3 is 0 Å². The minimum atomic E-state index is 0.718. The predicted molar refractivity (Wildman–Crippen MR) is 77.3 cm³/mol. The summed E-state index contributed by atoms with van der Waals surface area (Å²) in [7, 11) is 2.05. The van der Waals surface area contributed by atoms with Crippen molar-refractivity contribution in [1.82, 2.24) is 10.3 Å². The molecule has 100 valence electrons. The minimum absolute atomic E-state index is 0.718. The van der Waals surface area contributed by atoms with Crippen LogP contribution in [0.25, 0.3) is 0 Å². The lowest BCUT2D eigenvalue weighted by Gasteiger charge is -2.19. The van der Waals surface area contributed by atoms with Gasteiger partial charge in [-0.05, 0) is 30.9 Å². The molecule has 0 atom stereocenters. The number of rotatable bonds is 7. The molecule has 4 heteroatoms. The average molecular weight is 268 g/mol. The van der Waals surface area contributed by atoms with Crippen LogP contribution in [0, 0.1) is 0 Å². The van der Waals surface area contributed by atoms with Crippen molar-refractivity contribution in [2.75, 3.05) is 18.5 Å². The summed E-state index contributed by atoms with van der Waals surface area (Å²) in [6, 6.07) is 2.75. The van der Waals surface area contributed by atoms with Gasteiger partial charge in [0.15, 0.2) is 0 Å². The fraction of sp³-hybridized carbons (Fsp3) is 0.643. The summed E-state index contributed by atoms with van der Waals surface area (Å²) in [6.45, 7) is 4.06. The molecule has 0 bridgehead atoms. The molecule has 0 unspecified atom stereocenters. The van der Waals surface area contributed by atoms with E-state index >= 15 is 0 Å². The van der Waals surface area contributed by atoms with Crippen LogP contribution in [0.5, 0.6) is 0 Å². The summed E-state index contributed by atoms with van der Waals surface area (Å²) in [4.78, 5) is 6.61. The standard InChI is InChI=1S/C14H22ClN3/c1-3-4-7-18(2)14-13(15)8-11(10-17-14)9-16-12-5-6-12/h8,10,12,16H,3-7,9H2,1-2H3. The van der Waals surface area contributed by atoms with Gasteiger partial charge in [-0.15, -0.1) is 0 Å². The number of nitrogens with zero attached hydrogens (tertiary/aromatic N) is 2. The first-order valence-electron chi connectivity index (χ1n) is 6.79. The number of hydrogen-bond acceptors (Lipinski definition) is 3. The van der Waals surface area contributed by atoms with Crippen LogP contribution in [0.4, 0.5) is 5.82 Å². The summed E-state index contributed by atoms with van der Waals surface area (Å²) >= 11 is 6.30. The molecule has 0 aliphatic heterocycles. The molecule has 0 aromatic carbocycles. The zero-order valence-corrected chi connectivity index (χ0v) is 12.0. The second-order valence-electron chi connectivity index (χ2n) is 5.08. The Bertz CT molecular complexity index is 391. The van der Waals surface area contributed by atoms with Gasteiger partial charge in [0.05, 0.1) is 5.02 Å². The molecule has 0 saturated heterocycles. The number of halogens is 1. The van der Waals surface area contributed by atoms with Crippen molar-refractivity contribution >= 4 is 17.4 Å². The third-order valence-corrected chi connectivity index (χ3v) is 3.54. The van der Waals surface area contributed by atoms with E-state index < -0.39 is 0 Å². The van der Waals surface area contributed by atoms with Gasteiger partial charge in [-0.1, -0.05) is 24.9 Å². The Labute approximate surface area is 115 Å². The topological polar surface area (TPSA) is 28.2 Å². The van der Waals surface area contributed by atoms with E-state index in [9.17, 15) is 0 Å². The van der Waals surface area contributed by atoms with Crippen molar-refractivity contribution in [3.63, 3.8) is 0 Å². The summed E-state index contributed by atoms with van der Waals surface area (Å²) < 4.78 is 0. The van der Waals surface area contributed by atoms with Gasteiger partial charge < -0.3 is 10.2 Å². The number of hydrogen-bond donors (Lipinski definition) is 1. The Morgan fingerprint density at radius 2 is 2.28 bits per heavy atom. The molecule has 1 fully saturated rings. The summed E-state index contributed by atoms with van der Waals surface area (Å²) in [5, 5.41) is 4.22. The number of unbranched alkanes of at least 4 members (excludes halogenated alkanes) is 1. The van der Waals surface area contributed by atoms with Crippen molar-refractivity contribution in [3.05, 3.63) is 22.8 Å². The first-order chi connectivity index (χ1) is 8.70. The van der Waals surface area contributed by atoms with E-state index in [1.54, 1.807) is 0 Å². The fourth-order valence-corrected chi connectivity index (χ4v) is 2.23. The third-order valence-electron chi connectivity index (χ3n) is 3.26. The van der Waals surface area contributed by atoms with Crippen molar-refractivity contribution in [3.8, 4) is 0 Å². The van der Waals surface area contributed by atoms with E-state index in [4.69, 9.17) is 11.6 Å². The van der Waals surface area contributed by atoms with Crippen molar-refractivity contribution in [2.45, 2.75) is 45.2 Å². The molecular formula is C14H22ClN3. The second kappa shape index (κ2) is 6.39. The molecule has 2 rings (SSSR count). The molecule has 1 N–H and O–H groups in total. The zero-order chi connectivity index (χ0) is 13.0. The maximum Gasteiger partial charge on any atom is 0.147 e. The largest absolute Gasteiger partial charge is 0.358 e. The molecule has 1 aliphatic rings. The Balaban J connectivity index is 1.94. The SMILES string of the molecule is CCCCN(C)c1ncc(CNC2CC2)cc1Cl. The van der Waals surface area contributed by atoms with Crippen molar-refractivity contribution < 1.29 is 0 Å². The van der Waals surface area contributed by atoms with E-state index in [0.717, 1.165) is 30.0 Å². The smallest absolute Gasteiger partial charge is 0.147 e. The van der Waals surface area contributed by atoms with Crippen molar-refractivity contribution in [1.29, 1.82) is 0 Å². The lowest BCUT2D eigenvalue weighted by molar-refractivity contribution is 0.685. The first-order valence-corrected chi connectivity index (χ1v) is 7.17. The van der Waals surface area contributed by atoms with Crippen LogP contribution in [0.15, 0.2) is 12.3 Å². The quantitative estimate of drug-likeness (QED) is 0.822. The maximum atomic E-state index is 6.30. The second-order valence-corrected chi connectivity index (χ2v) is 5.49. The Morgan fingerprint density at radius 3 is 2.89 bits per heavy atom. The van der Waals surface area contributed by atoms with E-state index in [1.165, 1.54) is 31.2 Å². The number of aromatic nitrogens is 1. The number of anilines is 1. The van der Waals surface area contributed by atoms with Gasteiger partial charge in [-0.25, -0.2) is 4.98 Å². The Kier molecular flexibility index (Phi) is 4.84. The van der Waals surface area contributed by atoms with Crippen molar-refractivity contribution in [2.24, 2.45) is 0 Å². The maximum absolute atomic E-state index is 6.30. The molecule has 3 nitrogen and oxygen atoms in total. The molecule has 1 heterocycles. The van der Waals surface area contributed by atoms with E-state index in [-0.39, 0.29) is 0 Å². The van der Waals surface area contributed by atoms with Gasteiger partial charge in [0.1, 0.15) is 5.82 Å². The van der Waals surface area contributed by atoms with Gasteiger partial charge in [0.2, 0.25) is 0 Å². The zero-order valence-electron chi connectivity index (χ0n) is 11.2. The van der Waals surface area contributed by atoms with Crippen LogP contribution in [-0.4, -0.2) is 24.6 Å². The molecule has 1 aromatic heterocycles. The highest BCUT2D eigenvalue weighted by molar-refractivity contribution is 6.33. The summed E-state index contributed by atoms with van der Waals surface area (Å²) in [5.41, 5.74) is 1.17. The molecule has 1 aromatic rings. The van der Waals surface area contributed by atoms with E-state index in [0.29, 0.717) is 0 Å².